The molecule has 8 nitrogen and oxygen atoms in total. The largest absolute Gasteiger partial charge is 0.483 e. The van der Waals surface area contributed by atoms with Crippen LogP contribution in [0.5, 0.6) is 5.75 Å². The van der Waals surface area contributed by atoms with Gasteiger partial charge in [-0.1, -0.05) is 42.5 Å². The Labute approximate surface area is 149 Å². The average molecular weight is 351 g/mol. The Morgan fingerprint density at radius 1 is 1.04 bits per heavy atom. The molecule has 0 atom stereocenters. The van der Waals surface area contributed by atoms with E-state index >= 15 is 0 Å². The molecular weight excluding hydrogens is 334 g/mol. The molecule has 0 aliphatic carbocycles. The van der Waals surface area contributed by atoms with Crippen LogP contribution < -0.4 is 15.8 Å². The van der Waals surface area contributed by atoms with Gasteiger partial charge in [-0.15, -0.1) is 0 Å². The highest BCUT2D eigenvalue weighted by Crippen LogP contribution is 2.29. The molecule has 3 aromatic rings. The zero-order chi connectivity index (χ0) is 18.4. The minimum atomic E-state index is -0.704. The van der Waals surface area contributed by atoms with Crippen LogP contribution >= 0.6 is 0 Å². The lowest BCUT2D eigenvalue weighted by atomic mass is 10.1. The lowest BCUT2D eigenvalue weighted by Gasteiger charge is -2.11. The van der Waals surface area contributed by atoms with E-state index in [1.165, 1.54) is 0 Å². The van der Waals surface area contributed by atoms with Gasteiger partial charge in [0.05, 0.1) is 0 Å². The van der Waals surface area contributed by atoms with Crippen LogP contribution in [0.1, 0.15) is 16.1 Å². The number of amides is 2. The topological polar surface area (TPSA) is 123 Å². The van der Waals surface area contributed by atoms with Crippen molar-refractivity contribution >= 4 is 11.8 Å². The van der Waals surface area contributed by atoms with Crippen molar-refractivity contribution in [3.8, 4) is 17.0 Å². The molecule has 1 heterocycles. The third-order valence-electron chi connectivity index (χ3n) is 3.61. The first-order valence-electron chi connectivity index (χ1n) is 7.88. The maximum Gasteiger partial charge on any atom is 0.271 e. The molecule has 0 bridgehead atoms. The molecule has 8 heteroatoms. The Kier molecular flexibility index (Phi) is 5.23. The van der Waals surface area contributed by atoms with Crippen molar-refractivity contribution in [2.45, 2.75) is 6.54 Å². The highest BCUT2D eigenvalue weighted by atomic mass is 16.5. The van der Waals surface area contributed by atoms with E-state index in [0.29, 0.717) is 17.9 Å². The van der Waals surface area contributed by atoms with E-state index in [-0.39, 0.29) is 23.9 Å². The standard InChI is InChI=1S/C18H17N5O3/c19-18(25)17-16(21-23-22-17)13-8-4-5-9-14(13)26-11-15(24)20-10-12-6-2-1-3-7-12/h1-9H,10-11H2,(H2,19,25)(H,20,24)(H,21,22,23). The molecule has 0 saturated heterocycles. The summed E-state index contributed by atoms with van der Waals surface area (Å²) in [5, 5.41) is 12.9. The van der Waals surface area contributed by atoms with Gasteiger partial charge in [-0.25, -0.2) is 0 Å². The van der Waals surface area contributed by atoms with Gasteiger partial charge in [0, 0.05) is 12.1 Å². The van der Waals surface area contributed by atoms with Crippen molar-refractivity contribution in [3.63, 3.8) is 0 Å². The number of H-pyrrole nitrogens is 1. The summed E-state index contributed by atoms with van der Waals surface area (Å²) in [6.07, 6.45) is 0. The molecule has 2 amide bonds. The van der Waals surface area contributed by atoms with Gasteiger partial charge in [0.1, 0.15) is 11.4 Å². The zero-order valence-electron chi connectivity index (χ0n) is 13.8. The highest BCUT2D eigenvalue weighted by molar-refractivity contribution is 5.97. The Morgan fingerprint density at radius 3 is 2.54 bits per heavy atom. The van der Waals surface area contributed by atoms with Crippen molar-refractivity contribution in [1.29, 1.82) is 0 Å². The molecule has 26 heavy (non-hydrogen) atoms. The summed E-state index contributed by atoms with van der Waals surface area (Å²) in [5.41, 5.74) is 7.10. The number of aromatic amines is 1. The van der Waals surface area contributed by atoms with Gasteiger partial charge < -0.3 is 15.8 Å². The SMILES string of the molecule is NC(=O)c1n[nH]nc1-c1ccccc1OCC(=O)NCc1ccccc1. The molecule has 0 unspecified atom stereocenters. The summed E-state index contributed by atoms with van der Waals surface area (Å²) in [5.74, 6) is -0.568. The van der Waals surface area contributed by atoms with Gasteiger partial charge in [0.2, 0.25) is 0 Å². The fraction of sp³-hybridized carbons (Fsp3) is 0.111. The van der Waals surface area contributed by atoms with E-state index in [1.54, 1.807) is 24.3 Å². The van der Waals surface area contributed by atoms with Crippen LogP contribution in [-0.2, 0) is 11.3 Å². The van der Waals surface area contributed by atoms with Crippen molar-refractivity contribution in [1.82, 2.24) is 20.7 Å². The predicted molar refractivity (Wildman–Crippen MR) is 94.1 cm³/mol. The maximum atomic E-state index is 12.0. The summed E-state index contributed by atoms with van der Waals surface area (Å²) in [6.45, 7) is 0.243. The second-order valence-corrected chi connectivity index (χ2v) is 5.43. The monoisotopic (exact) mass is 351 g/mol. The van der Waals surface area contributed by atoms with Crippen molar-refractivity contribution < 1.29 is 14.3 Å². The Hall–Kier alpha value is -3.68. The first kappa shape index (κ1) is 17.2. The van der Waals surface area contributed by atoms with Crippen LogP contribution in [0.25, 0.3) is 11.3 Å². The number of nitrogens with zero attached hydrogens (tertiary/aromatic N) is 2. The summed E-state index contributed by atoms with van der Waals surface area (Å²) in [6, 6.07) is 16.5. The van der Waals surface area contributed by atoms with Crippen LogP contribution in [0.3, 0.4) is 0 Å². The zero-order valence-corrected chi connectivity index (χ0v) is 13.8. The summed E-state index contributed by atoms with van der Waals surface area (Å²) >= 11 is 0. The minimum absolute atomic E-state index is 0.00887. The number of hydrogen-bond donors (Lipinski definition) is 3. The number of para-hydroxylation sites is 1. The van der Waals surface area contributed by atoms with E-state index in [1.807, 2.05) is 30.3 Å². The van der Waals surface area contributed by atoms with Gasteiger partial charge in [0.25, 0.3) is 11.8 Å². The molecule has 0 aliphatic heterocycles. The van der Waals surface area contributed by atoms with Crippen LogP contribution in [0.15, 0.2) is 54.6 Å². The van der Waals surface area contributed by atoms with Gasteiger partial charge >= 0.3 is 0 Å². The predicted octanol–water partition coefficient (Wildman–Crippen LogP) is 1.27. The Morgan fingerprint density at radius 2 is 1.77 bits per heavy atom. The van der Waals surface area contributed by atoms with E-state index in [2.05, 4.69) is 20.7 Å². The highest BCUT2D eigenvalue weighted by Gasteiger charge is 2.18. The van der Waals surface area contributed by atoms with Gasteiger partial charge in [-0.2, -0.15) is 15.4 Å². The number of carbonyl (C=O) groups is 2. The lowest BCUT2D eigenvalue weighted by molar-refractivity contribution is -0.123. The third kappa shape index (κ3) is 4.04. The van der Waals surface area contributed by atoms with Crippen molar-refractivity contribution in [2.24, 2.45) is 5.73 Å². The number of benzene rings is 2. The number of hydrogen-bond acceptors (Lipinski definition) is 5. The van der Waals surface area contributed by atoms with Crippen LogP contribution in [0.2, 0.25) is 0 Å². The summed E-state index contributed by atoms with van der Waals surface area (Å²) in [7, 11) is 0. The third-order valence-corrected chi connectivity index (χ3v) is 3.61. The maximum absolute atomic E-state index is 12.0. The number of ether oxygens (including phenoxy) is 1. The molecule has 3 rings (SSSR count). The Bertz CT molecular complexity index is 908. The normalized spacial score (nSPS) is 10.3. The molecule has 4 N–H and O–H groups in total. The molecule has 1 aromatic heterocycles. The van der Waals surface area contributed by atoms with Gasteiger partial charge in [-0.3, -0.25) is 9.59 Å². The summed E-state index contributed by atoms with van der Waals surface area (Å²) < 4.78 is 5.60. The Balaban J connectivity index is 1.66. The lowest BCUT2D eigenvalue weighted by Crippen LogP contribution is -2.28. The number of nitrogens with two attached hydrogens (primary N) is 1. The fourth-order valence-electron chi connectivity index (χ4n) is 2.37. The quantitative estimate of drug-likeness (QED) is 0.591. The molecule has 2 aromatic carbocycles. The number of primary amides is 1. The number of rotatable bonds is 7. The molecule has 0 saturated carbocycles. The minimum Gasteiger partial charge on any atom is -0.483 e. The number of carbonyl (C=O) groups excluding carboxylic acids is 2. The van der Waals surface area contributed by atoms with Crippen LogP contribution in [-0.4, -0.2) is 33.8 Å². The number of nitrogens with one attached hydrogen (secondary N) is 2. The second-order valence-electron chi connectivity index (χ2n) is 5.43. The van der Waals surface area contributed by atoms with E-state index in [4.69, 9.17) is 10.5 Å². The first-order valence-corrected chi connectivity index (χ1v) is 7.88. The van der Waals surface area contributed by atoms with Gasteiger partial charge in [-0.05, 0) is 17.7 Å². The molecule has 0 spiro atoms. The van der Waals surface area contributed by atoms with E-state index < -0.39 is 5.91 Å². The average Bonchev–Trinajstić information content (AvgIpc) is 3.16. The second kappa shape index (κ2) is 7.93. The van der Waals surface area contributed by atoms with Gasteiger partial charge in [0.15, 0.2) is 12.3 Å². The smallest absolute Gasteiger partial charge is 0.271 e. The molecule has 132 valence electrons. The molecule has 0 aliphatic rings. The molecule has 0 radical (unpaired) electrons. The van der Waals surface area contributed by atoms with Crippen LogP contribution in [0.4, 0.5) is 0 Å². The molecule has 0 fully saturated rings. The van der Waals surface area contributed by atoms with E-state index in [9.17, 15) is 9.59 Å². The van der Waals surface area contributed by atoms with Crippen LogP contribution in [0, 0.1) is 0 Å². The molecular formula is C18H17N5O3. The van der Waals surface area contributed by atoms with Crippen molar-refractivity contribution in [3.05, 3.63) is 65.9 Å². The first-order chi connectivity index (χ1) is 12.6. The summed E-state index contributed by atoms with van der Waals surface area (Å²) in [4.78, 5) is 23.5. The number of aromatic nitrogens is 3. The van der Waals surface area contributed by atoms with Crippen molar-refractivity contribution in [2.75, 3.05) is 6.61 Å². The fourth-order valence-corrected chi connectivity index (χ4v) is 2.37. The van der Waals surface area contributed by atoms with E-state index in [0.717, 1.165) is 5.56 Å².